The third kappa shape index (κ3) is 3.70. The molecule has 1 aliphatic rings. The van der Waals surface area contributed by atoms with Crippen molar-refractivity contribution in [3.8, 4) is 0 Å². The molecule has 1 aliphatic heterocycles. The van der Waals surface area contributed by atoms with Gasteiger partial charge in [0.2, 0.25) is 0 Å². The molecule has 1 unspecified atom stereocenters. The Morgan fingerprint density at radius 1 is 1.50 bits per heavy atom. The van der Waals surface area contributed by atoms with Crippen LogP contribution in [0.25, 0.3) is 0 Å². The Morgan fingerprint density at radius 2 is 2.25 bits per heavy atom. The highest BCUT2D eigenvalue weighted by Gasteiger charge is 2.30. The zero-order chi connectivity index (χ0) is 14.8. The molecule has 2 heterocycles. The number of morpholine rings is 1. The second kappa shape index (κ2) is 5.79. The van der Waals surface area contributed by atoms with Crippen molar-refractivity contribution in [1.82, 2.24) is 9.88 Å². The molecule has 1 atom stereocenters. The van der Waals surface area contributed by atoms with Crippen molar-refractivity contribution < 1.29 is 14.3 Å². The van der Waals surface area contributed by atoms with Crippen LogP contribution >= 0.6 is 0 Å². The molecule has 1 aromatic rings. The summed E-state index contributed by atoms with van der Waals surface area (Å²) in [7, 11) is 0. The first-order chi connectivity index (χ1) is 9.37. The van der Waals surface area contributed by atoms with Gasteiger partial charge in [0.05, 0.1) is 18.8 Å². The molecule has 0 radical (unpaired) electrons. The van der Waals surface area contributed by atoms with E-state index in [-0.39, 0.29) is 12.2 Å². The van der Waals surface area contributed by atoms with Gasteiger partial charge in [0.1, 0.15) is 11.7 Å². The van der Waals surface area contributed by atoms with Gasteiger partial charge < -0.3 is 14.4 Å². The van der Waals surface area contributed by atoms with Gasteiger partial charge >= 0.3 is 6.09 Å². The minimum Gasteiger partial charge on any atom is -0.444 e. The topological polar surface area (TPSA) is 51.7 Å². The Kier molecular flexibility index (Phi) is 4.28. The van der Waals surface area contributed by atoms with Gasteiger partial charge in [-0.2, -0.15) is 0 Å². The lowest BCUT2D eigenvalue weighted by molar-refractivity contribution is -0.0449. The Balaban J connectivity index is 2.06. The summed E-state index contributed by atoms with van der Waals surface area (Å²) in [6.45, 7) is 9.13. The lowest BCUT2D eigenvalue weighted by atomic mass is 10.1. The Bertz CT molecular complexity index is 482. The van der Waals surface area contributed by atoms with Crippen molar-refractivity contribution >= 4 is 6.09 Å². The van der Waals surface area contributed by atoms with Crippen LogP contribution in [0.4, 0.5) is 4.79 Å². The molecule has 0 aliphatic carbocycles. The molecule has 0 spiro atoms. The van der Waals surface area contributed by atoms with Gasteiger partial charge in [-0.05, 0) is 39.3 Å². The van der Waals surface area contributed by atoms with Crippen LogP contribution < -0.4 is 0 Å². The van der Waals surface area contributed by atoms with Crippen molar-refractivity contribution in [3.05, 3.63) is 29.6 Å². The first kappa shape index (κ1) is 14.8. The number of carbonyl (C=O) groups excluding carboxylic acids is 1. The third-order valence-electron chi connectivity index (χ3n) is 3.07. The van der Waals surface area contributed by atoms with Gasteiger partial charge in [0.15, 0.2) is 0 Å². The van der Waals surface area contributed by atoms with Crippen LogP contribution in [0.3, 0.4) is 0 Å². The van der Waals surface area contributed by atoms with Crippen molar-refractivity contribution in [2.75, 3.05) is 19.7 Å². The maximum absolute atomic E-state index is 12.1. The van der Waals surface area contributed by atoms with E-state index in [2.05, 4.69) is 4.98 Å². The van der Waals surface area contributed by atoms with Crippen LogP contribution in [-0.2, 0) is 9.47 Å². The highest BCUT2D eigenvalue weighted by molar-refractivity contribution is 5.68. The summed E-state index contributed by atoms with van der Waals surface area (Å²) in [4.78, 5) is 18.2. The molecule has 0 aromatic carbocycles. The molecule has 0 N–H and O–H groups in total. The van der Waals surface area contributed by atoms with E-state index in [0.29, 0.717) is 19.7 Å². The van der Waals surface area contributed by atoms with E-state index in [1.165, 1.54) is 0 Å². The van der Waals surface area contributed by atoms with Gasteiger partial charge in [-0.25, -0.2) is 4.79 Å². The zero-order valence-corrected chi connectivity index (χ0v) is 12.5. The van der Waals surface area contributed by atoms with E-state index >= 15 is 0 Å². The van der Waals surface area contributed by atoms with Gasteiger partial charge in [-0.15, -0.1) is 0 Å². The maximum Gasteiger partial charge on any atom is 0.410 e. The van der Waals surface area contributed by atoms with Crippen LogP contribution in [0.15, 0.2) is 18.3 Å². The summed E-state index contributed by atoms with van der Waals surface area (Å²) < 4.78 is 11.1. The van der Waals surface area contributed by atoms with Crippen molar-refractivity contribution in [3.63, 3.8) is 0 Å². The number of rotatable bonds is 1. The van der Waals surface area contributed by atoms with E-state index in [4.69, 9.17) is 9.47 Å². The number of aromatic nitrogens is 1. The molecule has 20 heavy (non-hydrogen) atoms. The first-order valence-electron chi connectivity index (χ1n) is 6.88. The molecule has 0 saturated carbocycles. The quantitative estimate of drug-likeness (QED) is 0.792. The molecule has 1 fully saturated rings. The summed E-state index contributed by atoms with van der Waals surface area (Å²) in [5.74, 6) is 0. The van der Waals surface area contributed by atoms with E-state index in [1.54, 1.807) is 11.1 Å². The summed E-state index contributed by atoms with van der Waals surface area (Å²) in [5.41, 5.74) is 1.48. The molecular weight excluding hydrogens is 256 g/mol. The molecule has 0 bridgehead atoms. The first-order valence-corrected chi connectivity index (χ1v) is 6.88. The summed E-state index contributed by atoms with van der Waals surface area (Å²) in [6.07, 6.45) is 1.27. The van der Waals surface area contributed by atoms with E-state index in [0.717, 1.165) is 11.3 Å². The van der Waals surface area contributed by atoms with Crippen LogP contribution in [0.2, 0.25) is 0 Å². The molecule has 2 rings (SSSR count). The van der Waals surface area contributed by atoms with E-state index < -0.39 is 5.60 Å². The summed E-state index contributed by atoms with van der Waals surface area (Å²) >= 11 is 0. The molecule has 1 aromatic heterocycles. The fourth-order valence-electron chi connectivity index (χ4n) is 2.14. The lowest BCUT2D eigenvalue weighted by Crippen LogP contribution is -2.45. The highest BCUT2D eigenvalue weighted by Crippen LogP contribution is 2.24. The Hall–Kier alpha value is -1.62. The Labute approximate surface area is 119 Å². The van der Waals surface area contributed by atoms with Crippen LogP contribution in [0.5, 0.6) is 0 Å². The SMILES string of the molecule is Cc1cccnc1C1CN(C(=O)OC(C)(C)C)CCO1. The van der Waals surface area contributed by atoms with Crippen molar-refractivity contribution in [1.29, 1.82) is 0 Å². The maximum atomic E-state index is 12.1. The zero-order valence-electron chi connectivity index (χ0n) is 12.5. The predicted molar refractivity (Wildman–Crippen MR) is 75.5 cm³/mol. The molecule has 1 amide bonds. The highest BCUT2D eigenvalue weighted by atomic mass is 16.6. The number of hydrogen-bond acceptors (Lipinski definition) is 4. The number of nitrogens with zero attached hydrogens (tertiary/aromatic N) is 2. The normalized spacial score (nSPS) is 19.8. The van der Waals surface area contributed by atoms with Gasteiger partial charge in [0.25, 0.3) is 0 Å². The summed E-state index contributed by atoms with van der Waals surface area (Å²) in [5, 5.41) is 0. The minimum absolute atomic E-state index is 0.183. The van der Waals surface area contributed by atoms with E-state index in [1.807, 2.05) is 39.8 Å². The van der Waals surface area contributed by atoms with Crippen molar-refractivity contribution in [2.45, 2.75) is 39.4 Å². The van der Waals surface area contributed by atoms with Gasteiger partial charge in [0, 0.05) is 12.7 Å². The fraction of sp³-hybridized carbons (Fsp3) is 0.600. The number of hydrogen-bond donors (Lipinski definition) is 0. The van der Waals surface area contributed by atoms with Crippen LogP contribution in [-0.4, -0.2) is 41.3 Å². The minimum atomic E-state index is -0.480. The number of pyridine rings is 1. The van der Waals surface area contributed by atoms with Crippen molar-refractivity contribution in [2.24, 2.45) is 0 Å². The fourth-order valence-corrected chi connectivity index (χ4v) is 2.14. The largest absolute Gasteiger partial charge is 0.444 e. The van der Waals surface area contributed by atoms with Crippen LogP contribution in [0, 0.1) is 6.92 Å². The molecule has 110 valence electrons. The summed E-state index contributed by atoms with van der Waals surface area (Å²) in [6, 6.07) is 3.89. The second-order valence-corrected chi connectivity index (χ2v) is 5.99. The second-order valence-electron chi connectivity index (χ2n) is 5.99. The number of aryl methyl sites for hydroxylation is 1. The average molecular weight is 278 g/mol. The number of amides is 1. The lowest BCUT2D eigenvalue weighted by Gasteiger charge is -2.34. The van der Waals surface area contributed by atoms with Crippen LogP contribution in [0.1, 0.15) is 38.1 Å². The molecular formula is C15H22N2O3. The number of ether oxygens (including phenoxy) is 2. The average Bonchev–Trinajstić information content (AvgIpc) is 2.37. The van der Waals surface area contributed by atoms with E-state index in [9.17, 15) is 4.79 Å². The smallest absolute Gasteiger partial charge is 0.410 e. The molecule has 5 nitrogen and oxygen atoms in total. The monoisotopic (exact) mass is 278 g/mol. The van der Waals surface area contributed by atoms with Gasteiger partial charge in [-0.3, -0.25) is 4.98 Å². The third-order valence-corrected chi connectivity index (χ3v) is 3.07. The molecule has 1 saturated heterocycles. The number of carbonyl (C=O) groups is 1. The van der Waals surface area contributed by atoms with Gasteiger partial charge in [-0.1, -0.05) is 6.07 Å². The standard InChI is InChI=1S/C15H22N2O3/c1-11-6-5-7-16-13(11)12-10-17(8-9-19-12)14(18)20-15(2,3)4/h5-7,12H,8-10H2,1-4H3. The predicted octanol–water partition coefficient (Wildman–Crippen LogP) is 2.70. The Morgan fingerprint density at radius 3 is 2.90 bits per heavy atom. The molecule has 5 heteroatoms.